The van der Waals surface area contributed by atoms with E-state index in [2.05, 4.69) is 4.98 Å². The molecule has 0 aliphatic heterocycles. The molecule has 1 heterocycles. The Kier molecular flexibility index (Phi) is 8.54. The minimum absolute atomic E-state index is 0.0559. The molecule has 0 aromatic carbocycles. The molecular weight excluding hydrogens is 286 g/mol. The Morgan fingerprint density at radius 1 is 1.33 bits per heavy atom. The SMILES string of the molecule is CN(CCC(N)=S)C(=O)CCOCCCc1ccncc1. The number of ether oxygens (including phenoxy) is 1. The number of carbonyl (C=O) groups excluding carboxylic acids is 1. The first-order valence-corrected chi connectivity index (χ1v) is 7.49. The van der Waals surface area contributed by atoms with Crippen molar-refractivity contribution in [3.8, 4) is 0 Å². The molecule has 0 aliphatic rings. The highest BCUT2D eigenvalue weighted by Crippen LogP contribution is 2.01. The molecule has 116 valence electrons. The third kappa shape index (κ3) is 8.37. The molecule has 0 unspecified atom stereocenters. The molecule has 6 heteroatoms. The van der Waals surface area contributed by atoms with Gasteiger partial charge < -0.3 is 15.4 Å². The van der Waals surface area contributed by atoms with Crippen LogP contribution in [0.2, 0.25) is 0 Å². The van der Waals surface area contributed by atoms with Gasteiger partial charge in [0.1, 0.15) is 0 Å². The summed E-state index contributed by atoms with van der Waals surface area (Å²) in [6.45, 7) is 1.68. The first-order valence-electron chi connectivity index (χ1n) is 7.08. The van der Waals surface area contributed by atoms with E-state index in [1.807, 2.05) is 12.1 Å². The summed E-state index contributed by atoms with van der Waals surface area (Å²) in [6.07, 6.45) is 6.43. The topological polar surface area (TPSA) is 68.5 Å². The van der Waals surface area contributed by atoms with Crippen LogP contribution < -0.4 is 5.73 Å². The molecule has 0 spiro atoms. The zero-order valence-electron chi connectivity index (χ0n) is 12.5. The predicted octanol–water partition coefficient (Wildman–Crippen LogP) is 1.56. The second-order valence-corrected chi connectivity index (χ2v) is 5.38. The molecule has 1 rings (SSSR count). The molecule has 0 saturated carbocycles. The van der Waals surface area contributed by atoms with E-state index >= 15 is 0 Å². The third-order valence-corrected chi connectivity index (χ3v) is 3.29. The normalized spacial score (nSPS) is 10.3. The van der Waals surface area contributed by atoms with Gasteiger partial charge in [-0.2, -0.15) is 0 Å². The van der Waals surface area contributed by atoms with Gasteiger partial charge in [0.15, 0.2) is 0 Å². The molecule has 21 heavy (non-hydrogen) atoms. The van der Waals surface area contributed by atoms with Gasteiger partial charge in [-0.1, -0.05) is 12.2 Å². The summed E-state index contributed by atoms with van der Waals surface area (Å²) in [7, 11) is 1.75. The van der Waals surface area contributed by atoms with E-state index in [1.165, 1.54) is 5.56 Å². The van der Waals surface area contributed by atoms with Crippen LogP contribution in [-0.2, 0) is 16.0 Å². The van der Waals surface area contributed by atoms with Gasteiger partial charge in [-0.05, 0) is 30.5 Å². The lowest BCUT2D eigenvalue weighted by Crippen LogP contribution is -2.30. The molecule has 2 N–H and O–H groups in total. The Balaban J connectivity index is 2.03. The van der Waals surface area contributed by atoms with Crippen molar-refractivity contribution in [3.05, 3.63) is 30.1 Å². The molecular formula is C15H23N3O2S. The second-order valence-electron chi connectivity index (χ2n) is 4.85. The van der Waals surface area contributed by atoms with Crippen molar-refractivity contribution in [2.45, 2.75) is 25.7 Å². The largest absolute Gasteiger partial charge is 0.393 e. The number of aromatic nitrogens is 1. The van der Waals surface area contributed by atoms with Gasteiger partial charge in [-0.3, -0.25) is 9.78 Å². The number of aryl methyl sites for hydroxylation is 1. The summed E-state index contributed by atoms with van der Waals surface area (Å²) in [5.41, 5.74) is 6.66. The molecule has 1 aromatic heterocycles. The Morgan fingerprint density at radius 2 is 2.05 bits per heavy atom. The number of hydrogen-bond acceptors (Lipinski definition) is 4. The molecule has 0 aliphatic carbocycles. The van der Waals surface area contributed by atoms with Crippen LogP contribution in [0, 0.1) is 0 Å². The molecule has 5 nitrogen and oxygen atoms in total. The van der Waals surface area contributed by atoms with Crippen LogP contribution in [0.4, 0.5) is 0 Å². The van der Waals surface area contributed by atoms with E-state index in [9.17, 15) is 4.79 Å². The van der Waals surface area contributed by atoms with E-state index in [4.69, 9.17) is 22.7 Å². The first-order chi connectivity index (χ1) is 10.1. The van der Waals surface area contributed by atoms with Crippen molar-refractivity contribution in [1.29, 1.82) is 0 Å². The number of carbonyl (C=O) groups is 1. The zero-order valence-corrected chi connectivity index (χ0v) is 13.3. The molecule has 0 atom stereocenters. The van der Waals surface area contributed by atoms with E-state index in [-0.39, 0.29) is 5.91 Å². The number of amides is 1. The number of nitrogens with two attached hydrogens (primary N) is 1. The summed E-state index contributed by atoms with van der Waals surface area (Å²) in [6, 6.07) is 4.00. The predicted molar refractivity (Wildman–Crippen MR) is 87.0 cm³/mol. The van der Waals surface area contributed by atoms with Gasteiger partial charge in [0.25, 0.3) is 0 Å². The number of thiocarbonyl (C=S) groups is 1. The molecule has 0 radical (unpaired) electrons. The quantitative estimate of drug-likeness (QED) is 0.525. The smallest absolute Gasteiger partial charge is 0.224 e. The van der Waals surface area contributed by atoms with Gasteiger partial charge in [0.05, 0.1) is 18.0 Å². The molecule has 0 bridgehead atoms. The van der Waals surface area contributed by atoms with Crippen molar-refractivity contribution in [1.82, 2.24) is 9.88 Å². The summed E-state index contributed by atoms with van der Waals surface area (Å²) < 4.78 is 5.49. The van der Waals surface area contributed by atoms with Gasteiger partial charge in [0, 0.05) is 39.0 Å². The van der Waals surface area contributed by atoms with Crippen LogP contribution >= 0.6 is 12.2 Å². The van der Waals surface area contributed by atoms with Crippen molar-refractivity contribution >= 4 is 23.1 Å². The van der Waals surface area contributed by atoms with Gasteiger partial charge in [-0.25, -0.2) is 0 Å². The molecule has 0 saturated heterocycles. The van der Waals surface area contributed by atoms with Crippen LogP contribution in [-0.4, -0.2) is 47.6 Å². The summed E-state index contributed by atoms with van der Waals surface area (Å²) >= 11 is 4.79. The first kappa shape index (κ1) is 17.5. The van der Waals surface area contributed by atoms with E-state index in [0.29, 0.717) is 37.6 Å². The molecule has 0 fully saturated rings. The van der Waals surface area contributed by atoms with Gasteiger partial charge in [0.2, 0.25) is 5.91 Å². The maximum atomic E-state index is 11.8. The van der Waals surface area contributed by atoms with Crippen LogP contribution in [0.1, 0.15) is 24.8 Å². The fourth-order valence-electron chi connectivity index (χ4n) is 1.78. The van der Waals surface area contributed by atoms with Crippen LogP contribution in [0.15, 0.2) is 24.5 Å². The van der Waals surface area contributed by atoms with Crippen molar-refractivity contribution in [2.75, 3.05) is 26.8 Å². The Morgan fingerprint density at radius 3 is 2.71 bits per heavy atom. The van der Waals surface area contributed by atoms with Crippen molar-refractivity contribution in [2.24, 2.45) is 5.73 Å². The summed E-state index contributed by atoms with van der Waals surface area (Å²) in [4.78, 5) is 17.8. The van der Waals surface area contributed by atoms with Gasteiger partial charge >= 0.3 is 0 Å². The lowest BCUT2D eigenvalue weighted by molar-refractivity contribution is -0.130. The lowest BCUT2D eigenvalue weighted by Gasteiger charge is -2.16. The highest BCUT2D eigenvalue weighted by molar-refractivity contribution is 7.80. The third-order valence-electron chi connectivity index (χ3n) is 3.08. The van der Waals surface area contributed by atoms with Crippen molar-refractivity contribution < 1.29 is 9.53 Å². The standard InChI is InChI=1S/C15H23N3O2S/c1-18(10-6-14(16)21)15(19)7-12-20-11-2-3-13-4-8-17-9-5-13/h4-5,8-9H,2-3,6-7,10-12H2,1H3,(H2,16,21). The number of hydrogen-bond donors (Lipinski definition) is 1. The monoisotopic (exact) mass is 309 g/mol. The average Bonchev–Trinajstić information content (AvgIpc) is 2.49. The van der Waals surface area contributed by atoms with Crippen LogP contribution in [0.5, 0.6) is 0 Å². The maximum absolute atomic E-state index is 11.8. The zero-order chi connectivity index (χ0) is 15.5. The molecule has 1 aromatic rings. The summed E-state index contributed by atoms with van der Waals surface area (Å²) in [5.74, 6) is 0.0559. The fourth-order valence-corrected chi connectivity index (χ4v) is 1.87. The maximum Gasteiger partial charge on any atom is 0.224 e. The van der Waals surface area contributed by atoms with Crippen molar-refractivity contribution in [3.63, 3.8) is 0 Å². The van der Waals surface area contributed by atoms with E-state index in [1.54, 1.807) is 24.3 Å². The molecule has 1 amide bonds. The number of rotatable bonds is 10. The highest BCUT2D eigenvalue weighted by atomic mass is 32.1. The minimum Gasteiger partial charge on any atom is -0.393 e. The Hall–Kier alpha value is -1.53. The average molecular weight is 309 g/mol. The summed E-state index contributed by atoms with van der Waals surface area (Å²) in [5, 5.41) is 0. The highest BCUT2D eigenvalue weighted by Gasteiger charge is 2.08. The number of pyridine rings is 1. The Bertz CT molecular complexity index is 440. The minimum atomic E-state index is 0.0559. The fraction of sp³-hybridized carbons (Fsp3) is 0.533. The lowest BCUT2D eigenvalue weighted by atomic mass is 10.1. The van der Waals surface area contributed by atoms with Crippen LogP contribution in [0.25, 0.3) is 0 Å². The Labute approximate surface area is 131 Å². The van der Waals surface area contributed by atoms with Crippen LogP contribution in [0.3, 0.4) is 0 Å². The number of nitrogens with zero attached hydrogens (tertiary/aromatic N) is 2. The van der Waals surface area contributed by atoms with E-state index < -0.39 is 0 Å². The second kappa shape index (κ2) is 10.2. The van der Waals surface area contributed by atoms with E-state index in [0.717, 1.165) is 12.8 Å². The van der Waals surface area contributed by atoms with Gasteiger partial charge in [-0.15, -0.1) is 0 Å².